The number of nitrogens with zero attached hydrogens (tertiary/aromatic N) is 2. The maximum Gasteiger partial charge on any atom is 0.0618 e. The molecule has 1 fully saturated rings. The van der Waals surface area contributed by atoms with Crippen LogP contribution in [0, 0.1) is 5.41 Å². The summed E-state index contributed by atoms with van der Waals surface area (Å²) in [4.78, 5) is 0. The van der Waals surface area contributed by atoms with E-state index in [1.807, 2.05) is 0 Å². The van der Waals surface area contributed by atoms with Crippen LogP contribution in [0.15, 0.2) is 30.5 Å². The van der Waals surface area contributed by atoms with Crippen molar-refractivity contribution >= 4 is 0 Å². The summed E-state index contributed by atoms with van der Waals surface area (Å²) in [5.41, 5.74) is 4.67. The van der Waals surface area contributed by atoms with E-state index in [9.17, 15) is 0 Å². The number of aromatic nitrogens is 2. The highest BCUT2D eigenvalue weighted by Crippen LogP contribution is 2.67. The molecule has 4 rings (SSSR count). The molecule has 18 heavy (non-hydrogen) atoms. The molecule has 94 valence electrons. The Balaban J connectivity index is 1.90. The quantitative estimate of drug-likeness (QED) is 0.693. The van der Waals surface area contributed by atoms with E-state index in [1.165, 1.54) is 29.8 Å². The fourth-order valence-electron chi connectivity index (χ4n) is 4.19. The molecule has 2 atom stereocenters. The molecule has 2 bridgehead atoms. The van der Waals surface area contributed by atoms with Gasteiger partial charge in [0.1, 0.15) is 0 Å². The number of fused-ring (bicyclic) bond motifs is 5. The first-order valence-electron chi connectivity index (χ1n) is 6.86. The first kappa shape index (κ1) is 10.5. The van der Waals surface area contributed by atoms with E-state index in [1.54, 1.807) is 0 Å². The maximum absolute atomic E-state index is 4.90. The molecule has 0 amide bonds. The van der Waals surface area contributed by atoms with Crippen LogP contribution in [0.3, 0.4) is 0 Å². The average Bonchev–Trinajstić information content (AvgIpc) is 3.02. The summed E-state index contributed by atoms with van der Waals surface area (Å²) < 4.78 is 2.07. The Kier molecular flexibility index (Phi) is 1.71. The van der Waals surface area contributed by atoms with Gasteiger partial charge in [0.25, 0.3) is 0 Å². The van der Waals surface area contributed by atoms with E-state index in [-0.39, 0.29) is 5.41 Å². The van der Waals surface area contributed by atoms with E-state index in [4.69, 9.17) is 5.10 Å². The van der Waals surface area contributed by atoms with Gasteiger partial charge in [-0.15, -0.1) is 12.1 Å². The second-order valence-electron chi connectivity index (χ2n) is 6.67. The number of hydrogen-bond acceptors (Lipinski definition) is 1. The van der Waals surface area contributed by atoms with Gasteiger partial charge < -0.3 is 4.68 Å². The zero-order valence-corrected chi connectivity index (χ0v) is 11.3. The average molecular weight is 239 g/mol. The van der Waals surface area contributed by atoms with Crippen LogP contribution in [0.1, 0.15) is 50.8 Å². The minimum absolute atomic E-state index is 0.269. The van der Waals surface area contributed by atoms with Crippen LogP contribution in [0.5, 0.6) is 0 Å². The van der Waals surface area contributed by atoms with Crippen molar-refractivity contribution in [3.8, 4) is 5.69 Å². The molecule has 0 spiro atoms. The predicted molar refractivity (Wildman–Crippen MR) is 72.3 cm³/mol. The van der Waals surface area contributed by atoms with Crippen LogP contribution in [0.2, 0.25) is 0 Å². The molecule has 0 radical (unpaired) electrons. The largest absolute Gasteiger partial charge is 0.319 e. The minimum atomic E-state index is 0.269. The van der Waals surface area contributed by atoms with Gasteiger partial charge in [-0.25, -0.2) is 0 Å². The van der Waals surface area contributed by atoms with Crippen LogP contribution >= 0.6 is 0 Å². The lowest BCUT2D eigenvalue weighted by molar-refractivity contribution is 0.224. The van der Waals surface area contributed by atoms with Crippen molar-refractivity contribution in [2.75, 3.05) is 0 Å². The highest BCUT2D eigenvalue weighted by molar-refractivity contribution is 5.46. The summed E-state index contributed by atoms with van der Waals surface area (Å²) in [6.45, 7) is 7.24. The Morgan fingerprint density at radius 1 is 1.28 bits per heavy atom. The van der Waals surface area contributed by atoms with Crippen molar-refractivity contribution in [1.82, 2.24) is 9.78 Å². The monoisotopic (exact) mass is 239 g/mol. The molecular weight excluding hydrogens is 220 g/mol. The van der Waals surface area contributed by atoms with Gasteiger partial charge in [-0.1, -0.05) is 20.8 Å². The Labute approximate surface area is 108 Å². The molecule has 0 N–H and O–H groups in total. The topological polar surface area (TPSA) is 17.8 Å². The molecule has 2 aliphatic rings. The van der Waals surface area contributed by atoms with Gasteiger partial charge in [0.05, 0.1) is 5.69 Å². The van der Waals surface area contributed by atoms with Gasteiger partial charge in [-0.3, -0.25) is 0 Å². The number of hydrogen-bond donors (Lipinski definition) is 0. The highest BCUT2D eigenvalue weighted by atomic mass is 15.3. The lowest BCUT2D eigenvalue weighted by Gasteiger charge is -2.34. The van der Waals surface area contributed by atoms with Crippen LogP contribution in [-0.4, -0.2) is 9.78 Å². The fraction of sp³-hybridized carbons (Fsp3) is 0.500. The van der Waals surface area contributed by atoms with E-state index in [0.29, 0.717) is 11.3 Å². The minimum Gasteiger partial charge on any atom is -0.319 e. The number of rotatable bonds is 1. The fourth-order valence-corrected chi connectivity index (χ4v) is 4.19. The van der Waals surface area contributed by atoms with E-state index in [2.05, 4.69) is 55.9 Å². The van der Waals surface area contributed by atoms with Gasteiger partial charge >= 0.3 is 0 Å². The summed E-state index contributed by atoms with van der Waals surface area (Å²) in [7, 11) is 0. The van der Waals surface area contributed by atoms with Crippen molar-refractivity contribution in [3.05, 3.63) is 41.7 Å². The zero-order chi connectivity index (χ0) is 12.5. The molecule has 0 saturated heterocycles. The summed E-state index contributed by atoms with van der Waals surface area (Å²) >= 11 is 0. The van der Waals surface area contributed by atoms with Crippen molar-refractivity contribution in [2.24, 2.45) is 5.41 Å². The van der Waals surface area contributed by atoms with Crippen LogP contribution in [0.4, 0.5) is 0 Å². The van der Waals surface area contributed by atoms with Crippen LogP contribution < -0.4 is 0 Å². The Hall–Kier alpha value is -1.44. The molecule has 1 aromatic heterocycles. The van der Waals surface area contributed by atoms with Gasteiger partial charge in [-0.05, 0) is 41.6 Å². The molecule has 1 heterocycles. The third kappa shape index (κ3) is 0.969. The summed E-state index contributed by atoms with van der Waals surface area (Å²) in [6, 6.07) is 8.39. The Bertz CT molecular complexity index is 603. The second kappa shape index (κ2) is 2.93. The third-order valence-corrected chi connectivity index (χ3v) is 5.78. The first-order chi connectivity index (χ1) is 8.54. The van der Waals surface area contributed by atoms with Gasteiger partial charge in [0.2, 0.25) is 0 Å². The van der Waals surface area contributed by atoms with Crippen molar-refractivity contribution < 1.29 is 0 Å². The normalized spacial score (nSPS) is 31.8. The zero-order valence-electron chi connectivity index (χ0n) is 11.3. The summed E-state index contributed by atoms with van der Waals surface area (Å²) in [5, 5.41) is 4.90. The molecule has 2 unspecified atom stereocenters. The standard InChI is InChI=1S/C16H19N2/c1-15(2)13-8-9-16(15,3)14-12(13)10-18(17-14)11-6-4-5-7-11/h4-7,10,13H,8-9H2,1-3H3/q-1. The smallest absolute Gasteiger partial charge is 0.0618 e. The summed E-state index contributed by atoms with van der Waals surface area (Å²) in [6.07, 6.45) is 4.88. The van der Waals surface area contributed by atoms with Crippen molar-refractivity contribution in [3.63, 3.8) is 0 Å². The lowest BCUT2D eigenvalue weighted by Crippen LogP contribution is -2.32. The van der Waals surface area contributed by atoms with Crippen molar-refractivity contribution in [2.45, 2.75) is 44.9 Å². The lowest BCUT2D eigenvalue weighted by atomic mass is 9.70. The molecule has 2 aromatic rings. The molecule has 2 aliphatic carbocycles. The van der Waals surface area contributed by atoms with Crippen LogP contribution in [-0.2, 0) is 5.41 Å². The van der Waals surface area contributed by atoms with E-state index < -0.39 is 0 Å². The van der Waals surface area contributed by atoms with Crippen LogP contribution in [0.25, 0.3) is 5.69 Å². The molecule has 1 saturated carbocycles. The van der Waals surface area contributed by atoms with E-state index >= 15 is 0 Å². The molecule has 1 aromatic carbocycles. The third-order valence-electron chi connectivity index (χ3n) is 5.78. The molecular formula is C16H19N2-. The second-order valence-corrected chi connectivity index (χ2v) is 6.67. The van der Waals surface area contributed by atoms with Crippen molar-refractivity contribution in [1.29, 1.82) is 0 Å². The summed E-state index contributed by atoms with van der Waals surface area (Å²) in [5.74, 6) is 0.696. The molecule has 0 aliphatic heterocycles. The van der Waals surface area contributed by atoms with Gasteiger partial charge in [0.15, 0.2) is 0 Å². The Morgan fingerprint density at radius 3 is 2.67 bits per heavy atom. The maximum atomic E-state index is 4.90. The molecule has 2 nitrogen and oxygen atoms in total. The first-order valence-corrected chi connectivity index (χ1v) is 6.86. The Morgan fingerprint density at radius 2 is 2.00 bits per heavy atom. The molecule has 2 heteroatoms. The predicted octanol–water partition coefficient (Wildman–Crippen LogP) is 3.77. The van der Waals surface area contributed by atoms with Gasteiger partial charge in [0, 0.05) is 5.41 Å². The van der Waals surface area contributed by atoms with E-state index in [0.717, 1.165) is 0 Å². The SMILES string of the molecule is CC12CCC(c3cn(-[c-]4cccc4)nc31)C2(C)C. The highest BCUT2D eigenvalue weighted by Gasteiger charge is 2.60. The van der Waals surface area contributed by atoms with Gasteiger partial charge in [-0.2, -0.15) is 17.2 Å².